The standard InChI is InChI=1S/C10H8ClNO3S/c11-16(14,15)6-7-3-4-9(13)10-8(7)2-1-5-12-10/h1-5,13H,6H2. The zero-order chi connectivity index (χ0) is 11.8. The topological polar surface area (TPSA) is 67.3 Å². The zero-order valence-corrected chi connectivity index (χ0v) is 9.66. The predicted molar refractivity (Wildman–Crippen MR) is 61.9 cm³/mol. The average molecular weight is 258 g/mol. The number of benzene rings is 1. The fourth-order valence-corrected chi connectivity index (χ4v) is 2.50. The van der Waals surface area contributed by atoms with Crippen molar-refractivity contribution in [3.05, 3.63) is 36.0 Å². The minimum atomic E-state index is -3.62. The molecular weight excluding hydrogens is 250 g/mol. The molecule has 16 heavy (non-hydrogen) atoms. The Bertz CT molecular complexity index is 640. The van der Waals surface area contributed by atoms with E-state index in [9.17, 15) is 13.5 Å². The van der Waals surface area contributed by atoms with Crippen molar-refractivity contribution in [2.75, 3.05) is 0 Å². The number of phenols is 1. The summed E-state index contributed by atoms with van der Waals surface area (Å²) in [5.74, 6) is -0.261. The van der Waals surface area contributed by atoms with Crippen molar-refractivity contribution in [2.24, 2.45) is 0 Å². The maximum Gasteiger partial charge on any atom is 0.236 e. The van der Waals surface area contributed by atoms with Gasteiger partial charge in [-0.15, -0.1) is 0 Å². The normalized spacial score (nSPS) is 11.8. The number of rotatable bonds is 2. The number of phenolic OH excluding ortho intramolecular Hbond substituents is 1. The van der Waals surface area contributed by atoms with E-state index in [1.54, 1.807) is 12.1 Å². The summed E-state index contributed by atoms with van der Waals surface area (Å²) < 4.78 is 22.0. The van der Waals surface area contributed by atoms with E-state index < -0.39 is 9.05 Å². The lowest BCUT2D eigenvalue weighted by Crippen LogP contribution is -1.96. The highest BCUT2D eigenvalue weighted by Gasteiger charge is 2.12. The number of halogens is 1. The molecule has 0 amide bonds. The average Bonchev–Trinajstić information content (AvgIpc) is 2.21. The minimum absolute atomic E-state index is 0.0197. The second-order valence-electron chi connectivity index (χ2n) is 3.33. The zero-order valence-electron chi connectivity index (χ0n) is 8.09. The molecule has 1 aromatic heterocycles. The third kappa shape index (κ3) is 2.25. The van der Waals surface area contributed by atoms with Gasteiger partial charge in [0.25, 0.3) is 0 Å². The van der Waals surface area contributed by atoms with E-state index in [0.29, 0.717) is 16.5 Å². The molecule has 0 atom stereocenters. The molecule has 1 heterocycles. The summed E-state index contributed by atoms with van der Waals surface area (Å²) >= 11 is 0. The Hall–Kier alpha value is -1.33. The van der Waals surface area contributed by atoms with Crippen LogP contribution in [0.1, 0.15) is 5.56 Å². The van der Waals surface area contributed by atoms with Gasteiger partial charge in [0.15, 0.2) is 0 Å². The van der Waals surface area contributed by atoms with Gasteiger partial charge in [0.2, 0.25) is 9.05 Å². The van der Waals surface area contributed by atoms with E-state index >= 15 is 0 Å². The van der Waals surface area contributed by atoms with Crippen molar-refractivity contribution in [2.45, 2.75) is 5.75 Å². The van der Waals surface area contributed by atoms with Gasteiger partial charge in [-0.25, -0.2) is 8.42 Å². The molecule has 0 radical (unpaired) electrons. The van der Waals surface area contributed by atoms with E-state index in [1.165, 1.54) is 18.3 Å². The van der Waals surface area contributed by atoms with Crippen LogP contribution in [0.15, 0.2) is 30.5 Å². The number of aromatic nitrogens is 1. The molecule has 0 bridgehead atoms. The number of hydrogen-bond donors (Lipinski definition) is 1. The fraction of sp³-hybridized carbons (Fsp3) is 0.100. The molecule has 0 aliphatic carbocycles. The van der Waals surface area contributed by atoms with Crippen LogP contribution in [-0.4, -0.2) is 18.5 Å². The SMILES string of the molecule is O=S(=O)(Cl)Cc1ccc(O)c2ncccc12. The first-order valence-corrected chi connectivity index (χ1v) is 6.93. The molecule has 6 heteroatoms. The summed E-state index contributed by atoms with van der Waals surface area (Å²) in [6.07, 6.45) is 1.53. The van der Waals surface area contributed by atoms with E-state index in [-0.39, 0.29) is 11.5 Å². The highest BCUT2D eigenvalue weighted by Crippen LogP contribution is 2.27. The fourth-order valence-electron chi connectivity index (χ4n) is 1.53. The number of nitrogens with zero attached hydrogens (tertiary/aromatic N) is 1. The van der Waals surface area contributed by atoms with E-state index in [2.05, 4.69) is 4.98 Å². The number of aromatic hydroxyl groups is 1. The van der Waals surface area contributed by atoms with Crippen molar-refractivity contribution < 1.29 is 13.5 Å². The molecule has 0 fully saturated rings. The lowest BCUT2D eigenvalue weighted by molar-refractivity contribution is 0.480. The van der Waals surface area contributed by atoms with Crippen LogP contribution in [0.5, 0.6) is 5.75 Å². The Balaban J connectivity index is 2.68. The third-order valence-electron chi connectivity index (χ3n) is 2.17. The molecule has 0 spiro atoms. The van der Waals surface area contributed by atoms with Crippen LogP contribution in [0.4, 0.5) is 0 Å². The first kappa shape index (κ1) is 11.2. The highest BCUT2D eigenvalue weighted by atomic mass is 35.7. The molecule has 0 aliphatic rings. The van der Waals surface area contributed by atoms with Gasteiger partial charge >= 0.3 is 0 Å². The van der Waals surface area contributed by atoms with Crippen LogP contribution in [0.2, 0.25) is 0 Å². The molecule has 1 aromatic carbocycles. The maximum atomic E-state index is 11.0. The second kappa shape index (κ2) is 3.92. The largest absolute Gasteiger partial charge is 0.506 e. The van der Waals surface area contributed by atoms with Gasteiger partial charge in [0.05, 0.1) is 5.75 Å². The lowest BCUT2D eigenvalue weighted by Gasteiger charge is -2.05. The summed E-state index contributed by atoms with van der Waals surface area (Å²) in [6, 6.07) is 6.30. The van der Waals surface area contributed by atoms with Gasteiger partial charge in [0, 0.05) is 22.3 Å². The van der Waals surface area contributed by atoms with Crippen LogP contribution in [0, 0.1) is 0 Å². The third-order valence-corrected chi connectivity index (χ3v) is 3.15. The Kier molecular flexibility index (Phi) is 2.73. The number of fused-ring (bicyclic) bond motifs is 1. The predicted octanol–water partition coefficient (Wildman–Crippen LogP) is 2.01. The number of hydrogen-bond acceptors (Lipinski definition) is 4. The van der Waals surface area contributed by atoms with Gasteiger partial charge in [-0.3, -0.25) is 4.98 Å². The van der Waals surface area contributed by atoms with Crippen molar-refractivity contribution in [1.82, 2.24) is 4.98 Å². The van der Waals surface area contributed by atoms with Gasteiger partial charge in [-0.1, -0.05) is 12.1 Å². The molecule has 84 valence electrons. The molecule has 2 rings (SSSR count). The first-order chi connectivity index (χ1) is 7.47. The smallest absolute Gasteiger partial charge is 0.236 e. The molecule has 1 N–H and O–H groups in total. The van der Waals surface area contributed by atoms with Crippen LogP contribution in [0.3, 0.4) is 0 Å². The molecule has 4 nitrogen and oxygen atoms in total. The molecule has 0 saturated heterocycles. The molecule has 0 aliphatic heterocycles. The monoisotopic (exact) mass is 257 g/mol. The Morgan fingerprint density at radius 1 is 1.31 bits per heavy atom. The summed E-state index contributed by atoms with van der Waals surface area (Å²) in [5, 5.41) is 10.1. The van der Waals surface area contributed by atoms with Gasteiger partial charge in [0.1, 0.15) is 11.3 Å². The van der Waals surface area contributed by atoms with Crippen LogP contribution >= 0.6 is 10.7 Å². The molecule has 2 aromatic rings. The summed E-state index contributed by atoms with van der Waals surface area (Å²) in [7, 11) is 1.58. The highest BCUT2D eigenvalue weighted by molar-refractivity contribution is 8.13. The van der Waals surface area contributed by atoms with Gasteiger partial charge in [-0.2, -0.15) is 0 Å². The first-order valence-electron chi connectivity index (χ1n) is 4.45. The summed E-state index contributed by atoms with van der Waals surface area (Å²) in [5.41, 5.74) is 0.899. The van der Waals surface area contributed by atoms with Gasteiger partial charge < -0.3 is 5.11 Å². The Morgan fingerprint density at radius 2 is 2.06 bits per heavy atom. The Labute approximate surface area is 96.9 Å². The van der Waals surface area contributed by atoms with E-state index in [1.807, 2.05) is 0 Å². The van der Waals surface area contributed by atoms with Crippen molar-refractivity contribution in [1.29, 1.82) is 0 Å². The minimum Gasteiger partial charge on any atom is -0.506 e. The van der Waals surface area contributed by atoms with Crippen molar-refractivity contribution in [3.63, 3.8) is 0 Å². The molecular formula is C10H8ClNO3S. The van der Waals surface area contributed by atoms with E-state index in [0.717, 1.165) is 0 Å². The summed E-state index contributed by atoms with van der Waals surface area (Å²) in [4.78, 5) is 3.98. The van der Waals surface area contributed by atoms with Crippen molar-refractivity contribution >= 4 is 30.6 Å². The van der Waals surface area contributed by atoms with Crippen LogP contribution in [0.25, 0.3) is 10.9 Å². The lowest BCUT2D eigenvalue weighted by atomic mass is 10.1. The van der Waals surface area contributed by atoms with Gasteiger partial charge in [-0.05, 0) is 17.7 Å². The molecule has 0 unspecified atom stereocenters. The maximum absolute atomic E-state index is 11.0. The number of pyridine rings is 1. The molecule has 0 saturated carbocycles. The second-order valence-corrected chi connectivity index (χ2v) is 6.10. The van der Waals surface area contributed by atoms with E-state index in [4.69, 9.17) is 10.7 Å². The quantitative estimate of drug-likeness (QED) is 0.836. The van der Waals surface area contributed by atoms with Crippen molar-refractivity contribution in [3.8, 4) is 5.75 Å². The van der Waals surface area contributed by atoms with Crippen LogP contribution in [-0.2, 0) is 14.8 Å². The Morgan fingerprint density at radius 3 is 2.75 bits per heavy atom. The van der Waals surface area contributed by atoms with Crippen LogP contribution < -0.4 is 0 Å². The summed E-state index contributed by atoms with van der Waals surface area (Å²) in [6.45, 7) is 0.